The average Bonchev–Trinajstić information content (AvgIpc) is 2.97. The van der Waals surface area contributed by atoms with Crippen LogP contribution in [-0.4, -0.2) is 57.3 Å². The van der Waals surface area contributed by atoms with Crippen molar-refractivity contribution < 1.29 is 22.7 Å². The number of hydrogen-bond donors (Lipinski definition) is 2. The molecule has 1 aromatic rings. The molecular formula is C19H29N3O5S. The highest BCUT2D eigenvalue weighted by molar-refractivity contribution is 7.89. The van der Waals surface area contributed by atoms with E-state index >= 15 is 0 Å². The van der Waals surface area contributed by atoms with Crippen LogP contribution in [0.3, 0.4) is 0 Å². The Morgan fingerprint density at radius 2 is 1.82 bits per heavy atom. The molecule has 1 atom stereocenters. The van der Waals surface area contributed by atoms with E-state index in [0.717, 1.165) is 25.7 Å². The first-order valence-electron chi connectivity index (χ1n) is 9.58. The summed E-state index contributed by atoms with van der Waals surface area (Å²) in [5, 5.41) is 5.21. The zero-order chi connectivity index (χ0) is 20.7. The van der Waals surface area contributed by atoms with Crippen molar-refractivity contribution in [2.24, 2.45) is 0 Å². The number of ether oxygens (including phenoxy) is 1. The van der Waals surface area contributed by atoms with Gasteiger partial charge in [-0.2, -0.15) is 4.31 Å². The Morgan fingerprint density at radius 1 is 1.18 bits per heavy atom. The predicted molar refractivity (Wildman–Crippen MR) is 106 cm³/mol. The number of sulfonamides is 1. The van der Waals surface area contributed by atoms with Crippen LogP contribution in [0.15, 0.2) is 23.1 Å². The minimum absolute atomic E-state index is 0.0472. The molecule has 0 radical (unpaired) electrons. The van der Waals surface area contributed by atoms with Crippen LogP contribution in [0.25, 0.3) is 0 Å². The molecule has 0 saturated carbocycles. The van der Waals surface area contributed by atoms with E-state index < -0.39 is 22.0 Å². The third kappa shape index (κ3) is 5.23. The Morgan fingerprint density at radius 3 is 2.39 bits per heavy atom. The largest absolute Gasteiger partial charge is 0.496 e. The fraction of sp³-hybridized carbons (Fsp3) is 0.579. The van der Waals surface area contributed by atoms with Gasteiger partial charge in [0.05, 0.1) is 17.6 Å². The maximum atomic E-state index is 13.0. The van der Waals surface area contributed by atoms with E-state index in [1.807, 2.05) is 0 Å². The van der Waals surface area contributed by atoms with E-state index in [9.17, 15) is 18.0 Å². The SMILES string of the molecule is CCNC(=O)C(C)NC(=O)c1cc(S(=O)(=O)N2CCCCCC2)ccc1OC. The van der Waals surface area contributed by atoms with Gasteiger partial charge in [-0.15, -0.1) is 0 Å². The lowest BCUT2D eigenvalue weighted by Crippen LogP contribution is -2.44. The van der Waals surface area contributed by atoms with E-state index in [4.69, 9.17) is 4.74 Å². The molecule has 2 rings (SSSR count). The Balaban J connectivity index is 2.30. The highest BCUT2D eigenvalue weighted by Gasteiger charge is 2.27. The van der Waals surface area contributed by atoms with Gasteiger partial charge in [0.25, 0.3) is 5.91 Å². The number of nitrogens with one attached hydrogen (secondary N) is 2. The molecule has 1 heterocycles. The van der Waals surface area contributed by atoms with Crippen LogP contribution in [0.5, 0.6) is 5.75 Å². The Labute approximate surface area is 166 Å². The second-order valence-corrected chi connectivity index (χ2v) is 8.71. The van der Waals surface area contributed by atoms with Crippen molar-refractivity contribution in [3.05, 3.63) is 23.8 Å². The van der Waals surface area contributed by atoms with Crippen LogP contribution < -0.4 is 15.4 Å². The fourth-order valence-corrected chi connectivity index (χ4v) is 4.67. The van der Waals surface area contributed by atoms with E-state index in [-0.39, 0.29) is 22.1 Å². The van der Waals surface area contributed by atoms with Crippen LogP contribution in [0.1, 0.15) is 49.9 Å². The molecule has 2 amide bonds. The summed E-state index contributed by atoms with van der Waals surface area (Å²) in [6.07, 6.45) is 3.68. The molecule has 0 bridgehead atoms. The number of amides is 2. The molecule has 1 aliphatic heterocycles. The summed E-state index contributed by atoms with van der Waals surface area (Å²) in [6.45, 7) is 4.75. The molecule has 1 aliphatic rings. The monoisotopic (exact) mass is 411 g/mol. The van der Waals surface area contributed by atoms with Gasteiger partial charge in [0.2, 0.25) is 15.9 Å². The van der Waals surface area contributed by atoms with Gasteiger partial charge in [-0.25, -0.2) is 8.42 Å². The maximum absolute atomic E-state index is 13.0. The zero-order valence-electron chi connectivity index (χ0n) is 16.7. The number of nitrogens with zero attached hydrogens (tertiary/aromatic N) is 1. The van der Waals surface area contributed by atoms with E-state index in [1.54, 1.807) is 13.8 Å². The zero-order valence-corrected chi connectivity index (χ0v) is 17.5. The molecule has 28 heavy (non-hydrogen) atoms. The number of carbonyl (C=O) groups is 2. The van der Waals surface area contributed by atoms with Crippen LogP contribution in [0.4, 0.5) is 0 Å². The first kappa shape index (κ1) is 22.2. The van der Waals surface area contributed by atoms with Crippen molar-refractivity contribution in [3.63, 3.8) is 0 Å². The maximum Gasteiger partial charge on any atom is 0.255 e. The van der Waals surface area contributed by atoms with Gasteiger partial charge in [-0.05, 0) is 44.9 Å². The molecule has 0 aromatic heterocycles. The molecule has 1 aromatic carbocycles. The number of likely N-dealkylation sites (N-methyl/N-ethyl adjacent to an activating group) is 1. The van der Waals surface area contributed by atoms with Crippen molar-refractivity contribution in [1.82, 2.24) is 14.9 Å². The molecule has 1 fully saturated rings. The first-order valence-corrected chi connectivity index (χ1v) is 11.0. The third-order valence-electron chi connectivity index (χ3n) is 4.71. The lowest BCUT2D eigenvalue weighted by atomic mass is 10.1. The predicted octanol–water partition coefficient (Wildman–Crippen LogP) is 1.51. The Bertz CT molecular complexity index is 802. The summed E-state index contributed by atoms with van der Waals surface area (Å²) in [5.41, 5.74) is 0.0783. The Hall–Kier alpha value is -2.13. The minimum atomic E-state index is -3.70. The molecule has 156 valence electrons. The fourth-order valence-electron chi connectivity index (χ4n) is 3.12. The molecule has 8 nitrogen and oxygen atoms in total. The topological polar surface area (TPSA) is 105 Å². The highest BCUT2D eigenvalue weighted by atomic mass is 32.2. The van der Waals surface area contributed by atoms with Gasteiger partial charge in [0.1, 0.15) is 11.8 Å². The highest BCUT2D eigenvalue weighted by Crippen LogP contribution is 2.26. The summed E-state index contributed by atoms with van der Waals surface area (Å²) in [5.74, 6) is -0.637. The van der Waals surface area contributed by atoms with Crippen molar-refractivity contribution in [3.8, 4) is 5.75 Å². The van der Waals surface area contributed by atoms with E-state index in [1.165, 1.54) is 29.6 Å². The van der Waals surface area contributed by atoms with Gasteiger partial charge < -0.3 is 15.4 Å². The lowest BCUT2D eigenvalue weighted by Gasteiger charge is -2.21. The molecule has 9 heteroatoms. The van der Waals surface area contributed by atoms with Gasteiger partial charge in [0, 0.05) is 19.6 Å². The first-order chi connectivity index (χ1) is 13.3. The molecule has 0 spiro atoms. The molecular weight excluding hydrogens is 382 g/mol. The number of rotatable bonds is 7. The summed E-state index contributed by atoms with van der Waals surface area (Å²) in [4.78, 5) is 24.6. The van der Waals surface area contributed by atoms with Gasteiger partial charge in [0.15, 0.2) is 0 Å². The smallest absolute Gasteiger partial charge is 0.255 e. The van der Waals surface area contributed by atoms with E-state index in [0.29, 0.717) is 19.6 Å². The number of methoxy groups -OCH3 is 1. The summed E-state index contributed by atoms with van der Waals surface area (Å²) < 4.78 is 32.7. The standard InChI is InChI=1S/C19H29N3O5S/c1-4-20-18(23)14(2)21-19(24)16-13-15(9-10-17(16)27-3)28(25,26)22-11-7-5-6-8-12-22/h9-10,13-14H,4-8,11-12H2,1-3H3,(H,20,23)(H,21,24). The summed E-state index contributed by atoms with van der Waals surface area (Å²) in [7, 11) is -2.30. The summed E-state index contributed by atoms with van der Waals surface area (Å²) in [6, 6.07) is 3.47. The van der Waals surface area contributed by atoms with Crippen LogP contribution >= 0.6 is 0 Å². The van der Waals surface area contributed by atoms with Gasteiger partial charge in [-0.1, -0.05) is 12.8 Å². The van der Waals surface area contributed by atoms with Crippen molar-refractivity contribution in [1.29, 1.82) is 0 Å². The van der Waals surface area contributed by atoms with Crippen LogP contribution in [0.2, 0.25) is 0 Å². The second-order valence-electron chi connectivity index (χ2n) is 6.77. The third-order valence-corrected chi connectivity index (χ3v) is 6.60. The van der Waals surface area contributed by atoms with E-state index in [2.05, 4.69) is 10.6 Å². The number of carbonyl (C=O) groups excluding carboxylic acids is 2. The summed E-state index contributed by atoms with van der Waals surface area (Å²) >= 11 is 0. The normalized spacial score (nSPS) is 16.7. The number of benzene rings is 1. The Kier molecular flexibility index (Phi) is 7.82. The number of hydrogen-bond acceptors (Lipinski definition) is 5. The van der Waals surface area contributed by atoms with Gasteiger partial charge in [-0.3, -0.25) is 9.59 Å². The van der Waals surface area contributed by atoms with Crippen molar-refractivity contribution >= 4 is 21.8 Å². The van der Waals surface area contributed by atoms with Crippen molar-refractivity contribution in [2.45, 2.75) is 50.5 Å². The van der Waals surface area contributed by atoms with Crippen molar-refractivity contribution in [2.75, 3.05) is 26.7 Å². The molecule has 1 saturated heterocycles. The average molecular weight is 412 g/mol. The molecule has 0 aliphatic carbocycles. The second kappa shape index (κ2) is 9.88. The molecule has 1 unspecified atom stereocenters. The van der Waals surface area contributed by atoms with Crippen LogP contribution in [0, 0.1) is 0 Å². The van der Waals surface area contributed by atoms with Gasteiger partial charge >= 0.3 is 0 Å². The lowest BCUT2D eigenvalue weighted by molar-refractivity contribution is -0.122. The quantitative estimate of drug-likeness (QED) is 0.708. The molecule has 2 N–H and O–H groups in total. The minimum Gasteiger partial charge on any atom is -0.496 e. The van der Waals surface area contributed by atoms with Crippen LogP contribution in [-0.2, 0) is 14.8 Å².